The topological polar surface area (TPSA) is 116 Å². The number of amides is 1. The zero-order valence-electron chi connectivity index (χ0n) is 17.3. The quantitative estimate of drug-likeness (QED) is 0.500. The molecule has 4 heterocycles. The molecule has 1 unspecified atom stereocenters. The van der Waals surface area contributed by atoms with Crippen molar-refractivity contribution >= 4 is 22.8 Å². The maximum Gasteiger partial charge on any atom is 0.405 e. The number of aliphatic hydroxyl groups is 1. The Morgan fingerprint density at radius 2 is 2.12 bits per heavy atom. The van der Waals surface area contributed by atoms with Crippen molar-refractivity contribution in [2.45, 2.75) is 12.3 Å². The molecule has 0 bridgehead atoms. The van der Waals surface area contributed by atoms with Gasteiger partial charge in [-0.05, 0) is 18.2 Å². The molecule has 3 aromatic heterocycles. The van der Waals surface area contributed by atoms with E-state index in [4.69, 9.17) is 10.1 Å². The monoisotopic (exact) mass is 462 g/mol. The van der Waals surface area contributed by atoms with Crippen LogP contribution in [0.5, 0.6) is 0 Å². The fourth-order valence-corrected chi connectivity index (χ4v) is 3.52. The molecule has 33 heavy (non-hydrogen) atoms. The third-order valence-electron chi connectivity index (χ3n) is 5.10. The molecule has 1 saturated heterocycles. The maximum atomic E-state index is 12.9. The first-order valence-electron chi connectivity index (χ1n) is 10.1. The highest BCUT2D eigenvalue weighted by atomic mass is 19.4. The van der Waals surface area contributed by atoms with Gasteiger partial charge in [0.1, 0.15) is 12.2 Å². The van der Waals surface area contributed by atoms with Crippen LogP contribution in [0.25, 0.3) is 5.52 Å². The lowest BCUT2D eigenvalue weighted by molar-refractivity contribution is -0.115. The summed E-state index contributed by atoms with van der Waals surface area (Å²) >= 11 is 0. The van der Waals surface area contributed by atoms with E-state index in [1.807, 2.05) is 0 Å². The van der Waals surface area contributed by atoms with Crippen LogP contribution in [-0.2, 0) is 4.74 Å². The van der Waals surface area contributed by atoms with Gasteiger partial charge < -0.3 is 20.1 Å². The first-order valence-corrected chi connectivity index (χ1v) is 10.1. The first kappa shape index (κ1) is 22.7. The van der Waals surface area contributed by atoms with Gasteiger partial charge in [-0.15, -0.1) is 0 Å². The van der Waals surface area contributed by atoms with Gasteiger partial charge in [0, 0.05) is 42.3 Å². The van der Waals surface area contributed by atoms with Crippen molar-refractivity contribution in [2.24, 2.45) is 0 Å². The number of aliphatic hydroxyl groups excluding tert-OH is 1. The van der Waals surface area contributed by atoms with Crippen molar-refractivity contribution in [3.63, 3.8) is 0 Å². The van der Waals surface area contributed by atoms with E-state index in [2.05, 4.69) is 15.4 Å². The number of pyridine rings is 2. The minimum Gasteiger partial charge on any atom is -0.389 e. The number of hydrogen-bond acceptors (Lipinski definition) is 7. The maximum absolute atomic E-state index is 12.9. The fraction of sp³-hybridized carbons (Fsp3) is 0.333. The lowest BCUT2D eigenvalue weighted by Gasteiger charge is -2.22. The molecular weight excluding hydrogens is 441 g/mol. The summed E-state index contributed by atoms with van der Waals surface area (Å²) in [6.07, 6.45) is -1.05. The standard InChI is InChI=1S/C21H21F3N6O3/c22-21(23,24)12-27-16-7-17(20(32)29-5-6-33-11-13(31)10-29)26-8-14(16)19(25)15-9-28-30-4-2-1-3-18(15)30/h1-4,7-9,13,25,31H,5-6,10-12H2,(H,26,27). The Bertz CT molecular complexity index is 1180. The van der Waals surface area contributed by atoms with E-state index in [9.17, 15) is 23.1 Å². The van der Waals surface area contributed by atoms with Crippen molar-refractivity contribution in [2.75, 3.05) is 38.2 Å². The number of carbonyl (C=O) groups is 1. The second kappa shape index (κ2) is 9.16. The number of nitrogens with one attached hydrogen (secondary N) is 2. The van der Waals surface area contributed by atoms with Crippen molar-refractivity contribution in [1.29, 1.82) is 5.41 Å². The average molecular weight is 462 g/mol. The molecule has 3 N–H and O–H groups in total. The van der Waals surface area contributed by atoms with Crippen LogP contribution in [0.4, 0.5) is 18.9 Å². The van der Waals surface area contributed by atoms with E-state index >= 15 is 0 Å². The van der Waals surface area contributed by atoms with Crippen LogP contribution in [0.3, 0.4) is 0 Å². The molecule has 0 saturated carbocycles. The molecule has 1 aliphatic heterocycles. The normalized spacial score (nSPS) is 17.1. The molecule has 174 valence electrons. The van der Waals surface area contributed by atoms with E-state index in [-0.39, 0.29) is 49.0 Å². The average Bonchev–Trinajstić information content (AvgIpc) is 3.10. The molecule has 0 spiro atoms. The summed E-state index contributed by atoms with van der Waals surface area (Å²) in [6, 6.07) is 6.45. The summed E-state index contributed by atoms with van der Waals surface area (Å²) in [6.45, 7) is -0.810. The zero-order valence-corrected chi connectivity index (χ0v) is 17.3. The van der Waals surface area contributed by atoms with Gasteiger partial charge in [0.15, 0.2) is 0 Å². The number of rotatable bonds is 5. The molecule has 0 aromatic carbocycles. The van der Waals surface area contributed by atoms with E-state index in [0.717, 1.165) is 0 Å². The Morgan fingerprint density at radius 1 is 1.30 bits per heavy atom. The number of carbonyl (C=O) groups excluding carboxylic acids is 1. The Balaban J connectivity index is 1.69. The number of nitrogens with zero attached hydrogens (tertiary/aromatic N) is 4. The Morgan fingerprint density at radius 3 is 2.91 bits per heavy atom. The van der Waals surface area contributed by atoms with Gasteiger partial charge in [0.2, 0.25) is 0 Å². The number of ether oxygens (including phenoxy) is 1. The van der Waals surface area contributed by atoms with Gasteiger partial charge in [0.25, 0.3) is 5.91 Å². The number of halogens is 3. The number of fused-ring (bicyclic) bond motifs is 1. The van der Waals surface area contributed by atoms with E-state index < -0.39 is 24.7 Å². The molecular formula is C21H21F3N6O3. The fourth-order valence-electron chi connectivity index (χ4n) is 3.52. The molecule has 1 fully saturated rings. The third kappa shape index (κ3) is 5.12. The molecule has 1 amide bonds. The van der Waals surface area contributed by atoms with Crippen LogP contribution in [0.2, 0.25) is 0 Å². The lowest BCUT2D eigenvalue weighted by Crippen LogP contribution is -2.38. The van der Waals surface area contributed by atoms with Gasteiger partial charge in [-0.3, -0.25) is 15.2 Å². The minimum absolute atomic E-state index is 0.0196. The molecule has 1 aliphatic rings. The SMILES string of the molecule is N=C(c1cnc(C(=O)N2CCOCC(O)C2)cc1NCC(F)(F)F)c1cnn2ccccc12. The number of hydrogen-bond donors (Lipinski definition) is 3. The summed E-state index contributed by atoms with van der Waals surface area (Å²) in [5, 5.41) is 24.9. The van der Waals surface area contributed by atoms with E-state index in [0.29, 0.717) is 11.1 Å². The van der Waals surface area contributed by atoms with Crippen LogP contribution in [-0.4, -0.2) is 81.4 Å². The van der Waals surface area contributed by atoms with Crippen LogP contribution in [0.15, 0.2) is 42.9 Å². The summed E-state index contributed by atoms with van der Waals surface area (Å²) in [7, 11) is 0. The first-order chi connectivity index (χ1) is 15.7. The summed E-state index contributed by atoms with van der Waals surface area (Å²) in [4.78, 5) is 18.4. The van der Waals surface area contributed by atoms with Gasteiger partial charge in [-0.25, -0.2) is 4.52 Å². The number of alkyl halides is 3. The van der Waals surface area contributed by atoms with E-state index in [1.54, 1.807) is 28.9 Å². The predicted molar refractivity (Wildman–Crippen MR) is 113 cm³/mol. The van der Waals surface area contributed by atoms with Gasteiger partial charge >= 0.3 is 6.18 Å². The van der Waals surface area contributed by atoms with E-state index in [1.165, 1.54) is 23.4 Å². The van der Waals surface area contributed by atoms with Gasteiger partial charge in [-0.2, -0.15) is 18.3 Å². The molecule has 9 nitrogen and oxygen atoms in total. The zero-order chi connectivity index (χ0) is 23.6. The molecule has 0 aliphatic carbocycles. The predicted octanol–water partition coefficient (Wildman–Crippen LogP) is 1.95. The van der Waals surface area contributed by atoms with Crippen LogP contribution in [0, 0.1) is 5.41 Å². The number of anilines is 1. The van der Waals surface area contributed by atoms with Gasteiger partial charge in [-0.1, -0.05) is 6.07 Å². The number of β-amino-alcohol motifs (C(OH)–C–C–N with tert-alkyl or cyclic N) is 1. The largest absolute Gasteiger partial charge is 0.405 e. The van der Waals surface area contributed by atoms with Crippen molar-refractivity contribution in [1.82, 2.24) is 19.5 Å². The summed E-state index contributed by atoms with van der Waals surface area (Å²) < 4.78 is 45.6. The van der Waals surface area contributed by atoms with Crippen LogP contribution < -0.4 is 5.32 Å². The highest BCUT2D eigenvalue weighted by Crippen LogP contribution is 2.25. The Hall–Kier alpha value is -3.51. The molecule has 12 heteroatoms. The smallest absolute Gasteiger partial charge is 0.389 e. The molecule has 3 aromatic rings. The van der Waals surface area contributed by atoms with Crippen molar-refractivity contribution in [3.8, 4) is 0 Å². The lowest BCUT2D eigenvalue weighted by atomic mass is 10.0. The van der Waals surface area contributed by atoms with Crippen LogP contribution in [0.1, 0.15) is 21.6 Å². The number of aromatic nitrogens is 3. The Kier molecular flexibility index (Phi) is 6.29. The van der Waals surface area contributed by atoms with Crippen LogP contribution >= 0.6 is 0 Å². The summed E-state index contributed by atoms with van der Waals surface area (Å²) in [5.74, 6) is -0.552. The second-order valence-corrected chi connectivity index (χ2v) is 7.53. The van der Waals surface area contributed by atoms with Gasteiger partial charge in [0.05, 0.1) is 36.7 Å². The highest BCUT2D eigenvalue weighted by molar-refractivity contribution is 6.17. The molecule has 0 radical (unpaired) electrons. The Labute approximate surface area is 186 Å². The minimum atomic E-state index is -4.51. The molecule has 4 rings (SSSR count). The highest BCUT2D eigenvalue weighted by Gasteiger charge is 2.29. The van der Waals surface area contributed by atoms with Crippen molar-refractivity contribution in [3.05, 3.63) is 59.7 Å². The third-order valence-corrected chi connectivity index (χ3v) is 5.10. The summed E-state index contributed by atoms with van der Waals surface area (Å²) in [5.41, 5.74) is 0.838. The second-order valence-electron chi connectivity index (χ2n) is 7.53. The molecule has 1 atom stereocenters. The van der Waals surface area contributed by atoms with Crippen molar-refractivity contribution < 1.29 is 27.8 Å².